The maximum absolute atomic E-state index is 6.04. The fourth-order valence-electron chi connectivity index (χ4n) is 1.99. The van der Waals surface area contributed by atoms with Gasteiger partial charge in [-0.25, -0.2) is 4.99 Å². The molecule has 0 atom stereocenters. The van der Waals surface area contributed by atoms with Crippen molar-refractivity contribution in [1.29, 1.82) is 0 Å². The maximum Gasteiger partial charge on any atom is 0.154 e. The summed E-state index contributed by atoms with van der Waals surface area (Å²) in [6, 6.07) is 14.1. The van der Waals surface area contributed by atoms with Gasteiger partial charge in [-0.3, -0.25) is 0 Å². The molecule has 0 amide bonds. The van der Waals surface area contributed by atoms with Gasteiger partial charge < -0.3 is 9.46 Å². The topological polar surface area (TPSA) is 33.6 Å². The summed E-state index contributed by atoms with van der Waals surface area (Å²) in [4.78, 5) is 5.44. The lowest BCUT2D eigenvalue weighted by Crippen LogP contribution is -2.03. The normalized spacial score (nSPS) is 12.7. The Hall–Kier alpha value is -1.94. The third-order valence-electron chi connectivity index (χ3n) is 2.95. The minimum atomic E-state index is 0.795. The molecule has 0 bridgehead atoms. The van der Waals surface area contributed by atoms with Crippen LogP contribution in [0.15, 0.2) is 52.4 Å². The summed E-state index contributed by atoms with van der Waals surface area (Å²) in [7, 11) is 0. The van der Waals surface area contributed by atoms with E-state index < -0.39 is 0 Å². The van der Waals surface area contributed by atoms with E-state index in [-0.39, 0.29) is 0 Å². The van der Waals surface area contributed by atoms with Crippen LogP contribution < -0.4 is 9.46 Å². The number of nitrogens with zero attached hydrogens (tertiary/aromatic N) is 1. The molecule has 0 spiro atoms. The highest BCUT2D eigenvalue weighted by atomic mass is 32.2. The number of hydrogen-bond donors (Lipinski definition) is 1. The maximum atomic E-state index is 6.04. The molecule has 0 saturated heterocycles. The third-order valence-corrected chi connectivity index (χ3v) is 3.72. The van der Waals surface area contributed by atoms with E-state index in [1.165, 1.54) is 5.56 Å². The van der Waals surface area contributed by atoms with E-state index >= 15 is 0 Å². The average Bonchev–Trinajstić information content (AvgIpc) is 2.48. The van der Waals surface area contributed by atoms with Gasteiger partial charge in [0, 0.05) is 0 Å². The van der Waals surface area contributed by atoms with Crippen molar-refractivity contribution in [2.75, 3.05) is 0 Å². The van der Waals surface area contributed by atoms with Crippen LogP contribution in [0.25, 0.3) is 0 Å². The van der Waals surface area contributed by atoms with Crippen molar-refractivity contribution in [2.24, 2.45) is 4.99 Å². The molecule has 3 nitrogen and oxygen atoms in total. The van der Waals surface area contributed by atoms with Gasteiger partial charge in [0.15, 0.2) is 5.75 Å². The van der Waals surface area contributed by atoms with E-state index in [9.17, 15) is 0 Å². The number of ether oxygens (including phenoxy) is 1. The van der Waals surface area contributed by atoms with Gasteiger partial charge in [-0.2, -0.15) is 0 Å². The molecule has 0 fully saturated rings. The summed E-state index contributed by atoms with van der Waals surface area (Å²) < 4.78 is 9.07. The summed E-state index contributed by atoms with van der Waals surface area (Å²) in [6.07, 6.45) is 2.64. The number of nitrogens with one attached hydrogen (secondary N) is 1. The van der Waals surface area contributed by atoms with Crippen molar-refractivity contribution in [1.82, 2.24) is 4.72 Å². The van der Waals surface area contributed by atoms with E-state index in [0.29, 0.717) is 0 Å². The number of rotatable bonds is 3. The molecule has 4 heteroatoms. The highest BCUT2D eigenvalue weighted by molar-refractivity contribution is 7.98. The quantitative estimate of drug-likeness (QED) is 0.844. The lowest BCUT2D eigenvalue weighted by molar-refractivity contribution is 0.477. The molecule has 1 N–H and O–H groups in total. The second-order valence-electron chi connectivity index (χ2n) is 4.14. The molecule has 96 valence electrons. The van der Waals surface area contributed by atoms with Crippen LogP contribution >= 0.6 is 11.9 Å². The molecule has 3 rings (SSSR count). The van der Waals surface area contributed by atoms with Gasteiger partial charge in [0.05, 0.1) is 11.2 Å². The van der Waals surface area contributed by atoms with Gasteiger partial charge >= 0.3 is 0 Å². The Bertz CT molecular complexity index is 625. The standard InChI is InChI=1S/C15H14N2OS/c1-2-11-6-3-4-7-12(11)18-13-8-5-9-14-15(13)16-10-17-19-14/h3-10H,2H2,1H3,(H,16,17). The predicted molar refractivity (Wildman–Crippen MR) is 79.5 cm³/mol. The molecule has 0 aromatic heterocycles. The van der Waals surface area contributed by atoms with Crippen LogP contribution in [-0.2, 0) is 6.42 Å². The molecular formula is C15H14N2OS. The molecular weight excluding hydrogens is 256 g/mol. The Morgan fingerprint density at radius 1 is 1.11 bits per heavy atom. The Labute approximate surface area is 116 Å². The van der Waals surface area contributed by atoms with Gasteiger partial charge in [-0.05, 0) is 42.1 Å². The van der Waals surface area contributed by atoms with E-state index in [4.69, 9.17) is 4.74 Å². The molecule has 19 heavy (non-hydrogen) atoms. The van der Waals surface area contributed by atoms with Crippen molar-refractivity contribution in [3.8, 4) is 11.5 Å². The first-order valence-electron chi connectivity index (χ1n) is 6.22. The van der Waals surface area contributed by atoms with Gasteiger partial charge in [0.1, 0.15) is 11.4 Å². The van der Waals surface area contributed by atoms with Gasteiger partial charge in [-0.1, -0.05) is 31.2 Å². The molecule has 1 aliphatic rings. The summed E-state index contributed by atoms with van der Waals surface area (Å²) in [5.74, 6) is 1.70. The first kappa shape index (κ1) is 12.1. The van der Waals surface area contributed by atoms with Crippen molar-refractivity contribution in [3.05, 3.63) is 48.0 Å². The van der Waals surface area contributed by atoms with Crippen molar-refractivity contribution < 1.29 is 4.74 Å². The Morgan fingerprint density at radius 3 is 2.84 bits per heavy atom. The molecule has 1 aliphatic heterocycles. The monoisotopic (exact) mass is 270 g/mol. The number of aryl methyl sites for hydroxylation is 1. The molecule has 0 unspecified atom stereocenters. The Morgan fingerprint density at radius 2 is 1.95 bits per heavy atom. The summed E-state index contributed by atoms with van der Waals surface area (Å²) >= 11 is 1.54. The first-order valence-corrected chi connectivity index (χ1v) is 7.04. The second-order valence-corrected chi connectivity index (χ2v) is 5.02. The molecule has 1 heterocycles. The fraction of sp³-hybridized carbons (Fsp3) is 0.133. The van der Waals surface area contributed by atoms with Crippen LogP contribution in [0.5, 0.6) is 11.5 Å². The van der Waals surface area contributed by atoms with Crippen LogP contribution in [0, 0.1) is 0 Å². The lowest BCUT2D eigenvalue weighted by Gasteiger charge is -2.15. The minimum Gasteiger partial charge on any atom is -0.455 e. The highest BCUT2D eigenvalue weighted by Gasteiger charge is 2.13. The number of para-hydroxylation sites is 2. The van der Waals surface area contributed by atoms with E-state index in [2.05, 4.69) is 22.7 Å². The highest BCUT2D eigenvalue weighted by Crippen LogP contribution is 2.40. The molecule has 2 aromatic rings. The van der Waals surface area contributed by atoms with Gasteiger partial charge in [0.25, 0.3) is 0 Å². The van der Waals surface area contributed by atoms with Crippen LogP contribution in [-0.4, -0.2) is 6.34 Å². The van der Waals surface area contributed by atoms with Crippen molar-refractivity contribution >= 4 is 24.0 Å². The van der Waals surface area contributed by atoms with Crippen LogP contribution in [0.2, 0.25) is 0 Å². The smallest absolute Gasteiger partial charge is 0.154 e. The van der Waals surface area contributed by atoms with Crippen molar-refractivity contribution in [2.45, 2.75) is 18.2 Å². The molecule has 0 saturated carbocycles. The largest absolute Gasteiger partial charge is 0.455 e. The Balaban J connectivity index is 1.98. The summed E-state index contributed by atoms with van der Waals surface area (Å²) in [6.45, 7) is 2.13. The molecule has 0 radical (unpaired) electrons. The average molecular weight is 270 g/mol. The van der Waals surface area contributed by atoms with Crippen molar-refractivity contribution in [3.63, 3.8) is 0 Å². The minimum absolute atomic E-state index is 0.795. The van der Waals surface area contributed by atoms with Crippen LogP contribution in [0.4, 0.5) is 5.69 Å². The zero-order chi connectivity index (χ0) is 13.1. The zero-order valence-electron chi connectivity index (χ0n) is 10.6. The summed E-state index contributed by atoms with van der Waals surface area (Å²) in [5, 5.41) is 0. The lowest BCUT2D eigenvalue weighted by atomic mass is 10.1. The number of hydrogen-bond acceptors (Lipinski definition) is 4. The third kappa shape index (κ3) is 2.44. The predicted octanol–water partition coefficient (Wildman–Crippen LogP) is 4.31. The van der Waals surface area contributed by atoms with Gasteiger partial charge in [-0.15, -0.1) is 0 Å². The summed E-state index contributed by atoms with van der Waals surface area (Å²) in [5.41, 5.74) is 2.09. The molecule has 0 aliphatic carbocycles. The van der Waals surface area contributed by atoms with E-state index in [1.54, 1.807) is 18.3 Å². The zero-order valence-corrected chi connectivity index (χ0v) is 11.4. The Kier molecular flexibility index (Phi) is 3.42. The van der Waals surface area contributed by atoms with E-state index in [0.717, 1.165) is 28.5 Å². The molecule has 2 aromatic carbocycles. The number of fused-ring (bicyclic) bond motifs is 1. The van der Waals surface area contributed by atoms with Crippen LogP contribution in [0.3, 0.4) is 0 Å². The van der Waals surface area contributed by atoms with E-state index in [1.807, 2.05) is 36.4 Å². The fourth-order valence-corrected chi connectivity index (χ4v) is 2.62. The number of aliphatic imine (C=N–C) groups is 1. The second kappa shape index (κ2) is 5.36. The SMILES string of the molecule is CCc1ccccc1Oc1cccc2c1N=CNS2. The van der Waals surface area contributed by atoms with Gasteiger partial charge in [0.2, 0.25) is 0 Å². The number of benzene rings is 2. The van der Waals surface area contributed by atoms with Crippen LogP contribution in [0.1, 0.15) is 12.5 Å². The first-order chi connectivity index (χ1) is 9.38.